The number of benzene rings is 6. The molecule has 51 heavy (non-hydrogen) atoms. The fraction of sp³-hybridized carbons (Fsp3) is 0.250. The van der Waals surface area contributed by atoms with E-state index in [0.717, 1.165) is 22.9 Å². The van der Waals surface area contributed by atoms with Crippen molar-refractivity contribution in [2.24, 2.45) is 0 Å². The molecule has 0 atom stereocenters. The molecule has 3 aliphatic heterocycles. The second kappa shape index (κ2) is 10.6. The molecule has 0 amide bonds. The molecule has 0 radical (unpaired) electrons. The van der Waals surface area contributed by atoms with Gasteiger partial charge in [0.15, 0.2) is 19.6 Å². The first kappa shape index (κ1) is 32.1. The Kier molecular flexibility index (Phi) is 6.66. The second-order valence-electron chi connectivity index (χ2n) is 17.9. The summed E-state index contributed by atoms with van der Waals surface area (Å²) in [5, 5.41) is 6.07. The van der Waals surface area contributed by atoms with Crippen LogP contribution in [0, 0.1) is 0 Å². The molecule has 0 fully saturated rings. The molecule has 3 heteroatoms. The zero-order valence-electron chi connectivity index (χ0n) is 31.4. The SMILES string of the molecule is CC(C)(C)c1ccc2c(c1)[Si]1(c3cc(N4c5ccccc5Oc5ccccc54)ccc3-2)c2cc(C(C)(C)C)ccc2-c2ccc(C(C)(C)C)cc21. The van der Waals surface area contributed by atoms with E-state index in [9.17, 15) is 0 Å². The lowest BCUT2D eigenvalue weighted by Gasteiger charge is -2.34. The number of hydrogen-bond donors (Lipinski definition) is 0. The largest absolute Gasteiger partial charge is 0.453 e. The molecular weight excluding hydrogens is 635 g/mol. The van der Waals surface area contributed by atoms with Gasteiger partial charge in [0.1, 0.15) is 0 Å². The fourth-order valence-electron chi connectivity index (χ4n) is 8.74. The maximum absolute atomic E-state index is 6.46. The van der Waals surface area contributed by atoms with Crippen molar-refractivity contribution < 1.29 is 4.74 Å². The van der Waals surface area contributed by atoms with Crippen LogP contribution in [0.4, 0.5) is 17.1 Å². The van der Waals surface area contributed by atoms with Gasteiger partial charge in [0.05, 0.1) is 11.4 Å². The van der Waals surface area contributed by atoms with E-state index >= 15 is 0 Å². The standard InChI is InChI=1S/C48H47NOSi/c1-46(2,3)30-18-22-34-35-23-19-31(47(4,5)6)27-43(35)51(42(34)26-30)44-28-32(48(7,8)9)20-24-36(44)37-25-21-33(29-45(37)51)49-38-14-10-12-16-40(38)50-41-17-13-11-15-39(41)49/h10-29H,1-9H3. The van der Waals surface area contributed by atoms with Crippen molar-refractivity contribution in [1.29, 1.82) is 0 Å². The molecule has 0 unspecified atom stereocenters. The van der Waals surface area contributed by atoms with Gasteiger partial charge in [-0.05, 0) is 112 Å². The van der Waals surface area contributed by atoms with Gasteiger partial charge in [-0.2, -0.15) is 0 Å². The van der Waals surface area contributed by atoms with Gasteiger partial charge < -0.3 is 9.64 Å². The summed E-state index contributed by atoms with van der Waals surface area (Å²) in [5.74, 6) is 1.76. The van der Waals surface area contributed by atoms with E-state index in [4.69, 9.17) is 4.74 Å². The Morgan fingerprint density at radius 1 is 0.412 bits per heavy atom. The normalized spacial score (nSPS) is 15.0. The first-order chi connectivity index (χ1) is 24.2. The minimum atomic E-state index is -2.82. The van der Waals surface area contributed by atoms with Crippen molar-refractivity contribution in [3.8, 4) is 33.8 Å². The number of anilines is 3. The first-order valence-electron chi connectivity index (χ1n) is 18.4. The number of fused-ring (bicyclic) bond motifs is 12. The Labute approximate surface area is 304 Å². The molecule has 0 N–H and O–H groups in total. The zero-order chi connectivity index (χ0) is 35.7. The molecule has 6 aromatic carbocycles. The topological polar surface area (TPSA) is 12.5 Å². The predicted molar refractivity (Wildman–Crippen MR) is 219 cm³/mol. The lowest BCUT2D eigenvalue weighted by Crippen LogP contribution is -2.71. The van der Waals surface area contributed by atoms with Crippen LogP contribution in [0.3, 0.4) is 0 Å². The number of para-hydroxylation sites is 4. The summed E-state index contributed by atoms with van der Waals surface area (Å²) in [6.45, 7) is 21.1. The van der Waals surface area contributed by atoms with Gasteiger partial charge in [-0.25, -0.2) is 0 Å². The van der Waals surface area contributed by atoms with Crippen molar-refractivity contribution in [2.45, 2.75) is 78.6 Å². The lowest BCUT2D eigenvalue weighted by atomic mass is 9.85. The Balaban J connectivity index is 1.41. The van der Waals surface area contributed by atoms with Gasteiger partial charge in [0.2, 0.25) is 0 Å². The van der Waals surface area contributed by atoms with Crippen LogP contribution in [0.5, 0.6) is 11.5 Å². The Morgan fingerprint density at radius 2 is 0.765 bits per heavy atom. The summed E-state index contributed by atoms with van der Waals surface area (Å²) < 4.78 is 6.46. The van der Waals surface area contributed by atoms with Crippen LogP contribution in [-0.2, 0) is 16.2 Å². The van der Waals surface area contributed by atoms with E-state index in [-0.39, 0.29) is 16.2 Å². The van der Waals surface area contributed by atoms with Gasteiger partial charge in [-0.1, -0.05) is 147 Å². The molecule has 3 aliphatic rings. The number of ether oxygens (including phenoxy) is 1. The summed E-state index contributed by atoms with van der Waals surface area (Å²) in [4.78, 5) is 2.41. The van der Waals surface area contributed by atoms with E-state index in [2.05, 4.69) is 189 Å². The van der Waals surface area contributed by atoms with E-state index in [1.165, 1.54) is 65.4 Å². The monoisotopic (exact) mass is 681 g/mol. The van der Waals surface area contributed by atoms with Crippen LogP contribution in [-0.4, -0.2) is 8.07 Å². The summed E-state index contributed by atoms with van der Waals surface area (Å²) in [6.07, 6.45) is 0. The average molecular weight is 682 g/mol. The zero-order valence-corrected chi connectivity index (χ0v) is 32.4. The highest BCUT2D eigenvalue weighted by Gasteiger charge is 2.55. The predicted octanol–water partition coefficient (Wildman–Crippen LogP) is 10.5. The maximum Gasteiger partial charge on any atom is 0.182 e. The highest BCUT2D eigenvalue weighted by molar-refractivity contribution is 7.24. The van der Waals surface area contributed by atoms with Gasteiger partial charge >= 0.3 is 0 Å². The Hall–Kier alpha value is -4.86. The van der Waals surface area contributed by atoms with E-state index < -0.39 is 8.07 Å². The van der Waals surface area contributed by atoms with Crippen LogP contribution in [0.2, 0.25) is 0 Å². The molecule has 254 valence electrons. The third-order valence-electron chi connectivity index (χ3n) is 11.5. The molecule has 0 saturated heterocycles. The van der Waals surface area contributed by atoms with Crippen molar-refractivity contribution in [2.75, 3.05) is 4.90 Å². The van der Waals surface area contributed by atoms with Crippen LogP contribution in [0.25, 0.3) is 22.3 Å². The van der Waals surface area contributed by atoms with Crippen molar-refractivity contribution in [1.82, 2.24) is 0 Å². The molecule has 9 rings (SSSR count). The van der Waals surface area contributed by atoms with E-state index in [0.29, 0.717) is 0 Å². The van der Waals surface area contributed by atoms with Crippen molar-refractivity contribution in [3.63, 3.8) is 0 Å². The van der Waals surface area contributed by atoms with Crippen LogP contribution < -0.4 is 30.4 Å². The molecule has 6 aromatic rings. The van der Waals surface area contributed by atoms with Crippen molar-refractivity contribution in [3.05, 3.63) is 138 Å². The molecule has 0 aliphatic carbocycles. The molecule has 3 heterocycles. The lowest BCUT2D eigenvalue weighted by molar-refractivity contribution is 0.477. The molecule has 0 bridgehead atoms. The highest BCUT2D eigenvalue weighted by atomic mass is 28.3. The molecule has 1 spiro atoms. The fourth-order valence-corrected chi connectivity index (χ4v) is 14.4. The van der Waals surface area contributed by atoms with Crippen LogP contribution >= 0.6 is 0 Å². The minimum Gasteiger partial charge on any atom is -0.453 e. The number of hydrogen-bond acceptors (Lipinski definition) is 2. The Morgan fingerprint density at radius 3 is 1.16 bits per heavy atom. The molecule has 0 saturated carbocycles. The molecule has 0 aromatic heterocycles. The summed E-state index contributed by atoms with van der Waals surface area (Å²) in [7, 11) is -2.82. The summed E-state index contributed by atoms with van der Waals surface area (Å²) in [5.41, 5.74) is 13.1. The molecule has 2 nitrogen and oxygen atoms in total. The third kappa shape index (κ3) is 4.60. The summed E-state index contributed by atoms with van der Waals surface area (Å²) >= 11 is 0. The maximum atomic E-state index is 6.46. The highest BCUT2D eigenvalue weighted by Crippen LogP contribution is 2.51. The smallest absolute Gasteiger partial charge is 0.182 e. The minimum absolute atomic E-state index is 0.0244. The number of nitrogens with zero attached hydrogens (tertiary/aromatic N) is 1. The molecular formula is C48H47NOSi. The van der Waals surface area contributed by atoms with E-state index in [1.807, 2.05) is 0 Å². The summed E-state index contributed by atoms with van der Waals surface area (Å²) in [6, 6.07) is 46.5. The second-order valence-corrected chi connectivity index (χ2v) is 21.5. The first-order valence-corrected chi connectivity index (χ1v) is 20.4. The third-order valence-corrected chi connectivity index (χ3v) is 16.4. The van der Waals surface area contributed by atoms with E-state index in [1.54, 1.807) is 0 Å². The average Bonchev–Trinajstić information content (AvgIpc) is 3.55. The van der Waals surface area contributed by atoms with Crippen LogP contribution in [0.1, 0.15) is 79.0 Å². The Bertz CT molecular complexity index is 2270. The van der Waals surface area contributed by atoms with Gasteiger partial charge in [-0.3, -0.25) is 0 Å². The van der Waals surface area contributed by atoms with Gasteiger partial charge in [0.25, 0.3) is 0 Å². The quantitative estimate of drug-likeness (QED) is 0.160. The van der Waals surface area contributed by atoms with Gasteiger partial charge in [0, 0.05) is 5.69 Å². The van der Waals surface area contributed by atoms with Crippen LogP contribution in [0.15, 0.2) is 121 Å². The van der Waals surface area contributed by atoms with Crippen molar-refractivity contribution >= 4 is 45.9 Å². The number of rotatable bonds is 1. The van der Waals surface area contributed by atoms with Gasteiger partial charge in [-0.15, -0.1) is 0 Å².